The van der Waals surface area contributed by atoms with Crippen molar-refractivity contribution in [2.45, 2.75) is 0 Å². The van der Waals surface area contributed by atoms with Crippen molar-refractivity contribution in [1.29, 1.82) is 0 Å². The van der Waals surface area contributed by atoms with E-state index in [1.54, 1.807) is 13.2 Å². The second-order valence-corrected chi connectivity index (χ2v) is 4.05. The van der Waals surface area contributed by atoms with Crippen LogP contribution in [-0.2, 0) is 0 Å². The second kappa shape index (κ2) is 3.59. The van der Waals surface area contributed by atoms with Crippen LogP contribution in [0.1, 0.15) is 10.4 Å². The van der Waals surface area contributed by atoms with Crippen molar-refractivity contribution in [3.8, 4) is 5.75 Å². The van der Waals surface area contributed by atoms with Crippen LogP contribution in [0.25, 0.3) is 10.1 Å². The molecule has 72 valence electrons. The number of rotatable bonds is 2. The molecule has 0 aliphatic carbocycles. The summed E-state index contributed by atoms with van der Waals surface area (Å²) in [7, 11) is 1.61. The van der Waals surface area contributed by atoms with Gasteiger partial charge in [0, 0.05) is 10.8 Å². The predicted molar refractivity (Wildman–Crippen MR) is 58.8 cm³/mol. The summed E-state index contributed by atoms with van der Waals surface area (Å²) < 4.78 is 6.04. The molecule has 0 saturated heterocycles. The summed E-state index contributed by atoms with van der Waals surface area (Å²) in [5.41, 5.74) is 0.539. The quantitative estimate of drug-likeness (QED) is 0.734. The Morgan fingerprint density at radius 1 is 1.50 bits per heavy atom. The van der Waals surface area contributed by atoms with Gasteiger partial charge >= 0.3 is 0 Å². The maximum absolute atomic E-state index is 10.8. The van der Waals surface area contributed by atoms with Crippen LogP contribution >= 0.6 is 22.9 Å². The van der Waals surface area contributed by atoms with E-state index in [9.17, 15) is 4.79 Å². The molecule has 0 radical (unpaired) electrons. The summed E-state index contributed by atoms with van der Waals surface area (Å²) in [5, 5.41) is 3.29. The second-order valence-electron chi connectivity index (χ2n) is 2.76. The van der Waals surface area contributed by atoms with E-state index in [4.69, 9.17) is 16.3 Å². The van der Waals surface area contributed by atoms with Crippen molar-refractivity contribution in [3.63, 3.8) is 0 Å². The maximum atomic E-state index is 10.8. The largest absolute Gasteiger partial charge is 0.495 e. The first-order chi connectivity index (χ1) is 6.77. The minimum atomic E-state index is 0.483. The molecule has 4 heteroatoms. The van der Waals surface area contributed by atoms with E-state index in [0.717, 1.165) is 22.1 Å². The van der Waals surface area contributed by atoms with Gasteiger partial charge in [0.05, 0.1) is 22.4 Å². The Balaban J connectivity index is 2.83. The highest BCUT2D eigenvalue weighted by molar-refractivity contribution is 7.18. The average molecular weight is 227 g/mol. The van der Waals surface area contributed by atoms with Crippen molar-refractivity contribution in [1.82, 2.24) is 0 Å². The molecular formula is C10H7ClO2S. The van der Waals surface area contributed by atoms with Gasteiger partial charge in [-0.05, 0) is 12.1 Å². The minimum Gasteiger partial charge on any atom is -0.495 e. The van der Waals surface area contributed by atoms with Crippen molar-refractivity contribution in [2.24, 2.45) is 0 Å². The third-order valence-corrected chi connectivity index (χ3v) is 3.37. The van der Waals surface area contributed by atoms with Crippen LogP contribution in [0.15, 0.2) is 17.5 Å². The Kier molecular flexibility index (Phi) is 2.44. The number of fused-ring (bicyclic) bond motifs is 1. The van der Waals surface area contributed by atoms with Gasteiger partial charge < -0.3 is 4.74 Å². The van der Waals surface area contributed by atoms with Gasteiger partial charge in [-0.25, -0.2) is 0 Å². The molecule has 0 amide bonds. The summed E-state index contributed by atoms with van der Waals surface area (Å²) in [5.74, 6) is 0.782. The van der Waals surface area contributed by atoms with E-state index in [0.29, 0.717) is 10.6 Å². The molecule has 0 bridgehead atoms. The lowest BCUT2D eigenvalue weighted by Crippen LogP contribution is -1.83. The Hall–Kier alpha value is -1.06. The first kappa shape index (κ1) is 9.49. The topological polar surface area (TPSA) is 26.3 Å². The molecule has 0 aliphatic heterocycles. The van der Waals surface area contributed by atoms with Crippen molar-refractivity contribution in [3.05, 3.63) is 28.1 Å². The number of hydrogen-bond donors (Lipinski definition) is 0. The number of ether oxygens (including phenoxy) is 1. The summed E-state index contributed by atoms with van der Waals surface area (Å²) >= 11 is 7.35. The van der Waals surface area contributed by atoms with E-state index in [1.807, 2.05) is 11.4 Å². The highest BCUT2D eigenvalue weighted by atomic mass is 35.5. The molecule has 0 atom stereocenters. The maximum Gasteiger partial charge on any atom is 0.153 e. The van der Waals surface area contributed by atoms with Crippen LogP contribution < -0.4 is 4.74 Å². The van der Waals surface area contributed by atoms with Crippen LogP contribution in [-0.4, -0.2) is 13.4 Å². The Labute approximate surface area is 90.1 Å². The molecule has 1 aromatic carbocycles. The van der Waals surface area contributed by atoms with E-state index in [1.165, 1.54) is 11.3 Å². The van der Waals surface area contributed by atoms with Crippen LogP contribution in [0, 0.1) is 0 Å². The highest BCUT2D eigenvalue weighted by Crippen LogP contribution is 2.36. The molecule has 1 heterocycles. The van der Waals surface area contributed by atoms with Crippen LogP contribution in [0.5, 0.6) is 5.75 Å². The third kappa shape index (κ3) is 1.29. The number of carbonyl (C=O) groups is 1. The molecule has 14 heavy (non-hydrogen) atoms. The molecular weight excluding hydrogens is 220 g/mol. The number of halogens is 1. The van der Waals surface area contributed by atoms with E-state index in [2.05, 4.69) is 0 Å². The van der Waals surface area contributed by atoms with Gasteiger partial charge in [0.1, 0.15) is 5.75 Å². The molecule has 1 aromatic heterocycles. The first-order valence-electron chi connectivity index (χ1n) is 3.96. The van der Waals surface area contributed by atoms with Gasteiger partial charge in [0.2, 0.25) is 0 Å². The lowest BCUT2D eigenvalue weighted by atomic mass is 10.2. The summed E-state index contributed by atoms with van der Waals surface area (Å²) in [6, 6.07) is 3.57. The van der Waals surface area contributed by atoms with Crippen molar-refractivity contribution in [2.75, 3.05) is 7.11 Å². The number of methoxy groups -OCH3 is 1. The Morgan fingerprint density at radius 3 is 2.93 bits per heavy atom. The molecule has 0 N–H and O–H groups in total. The van der Waals surface area contributed by atoms with Gasteiger partial charge in [-0.15, -0.1) is 11.3 Å². The van der Waals surface area contributed by atoms with E-state index in [-0.39, 0.29) is 0 Å². The monoisotopic (exact) mass is 226 g/mol. The summed E-state index contributed by atoms with van der Waals surface area (Å²) in [6.45, 7) is 0. The Bertz CT molecular complexity index is 490. The highest BCUT2D eigenvalue weighted by Gasteiger charge is 2.10. The Morgan fingerprint density at radius 2 is 2.29 bits per heavy atom. The number of benzene rings is 1. The zero-order valence-corrected chi connectivity index (χ0v) is 8.98. The smallest absolute Gasteiger partial charge is 0.153 e. The van der Waals surface area contributed by atoms with Gasteiger partial charge in [0.25, 0.3) is 0 Å². The average Bonchev–Trinajstić information content (AvgIpc) is 2.60. The van der Waals surface area contributed by atoms with Gasteiger partial charge in [-0.2, -0.15) is 0 Å². The molecule has 2 aromatic rings. The number of aldehydes is 1. The first-order valence-corrected chi connectivity index (χ1v) is 5.22. The zero-order valence-electron chi connectivity index (χ0n) is 7.41. The number of carbonyl (C=O) groups excluding carboxylic acids is 1. The summed E-state index contributed by atoms with van der Waals surface area (Å²) in [4.78, 5) is 10.8. The van der Waals surface area contributed by atoms with E-state index >= 15 is 0 Å². The van der Waals surface area contributed by atoms with Gasteiger partial charge in [-0.3, -0.25) is 4.79 Å². The third-order valence-electron chi connectivity index (χ3n) is 2.03. The molecule has 0 fully saturated rings. The van der Waals surface area contributed by atoms with Crippen molar-refractivity contribution < 1.29 is 9.53 Å². The molecule has 2 nitrogen and oxygen atoms in total. The van der Waals surface area contributed by atoms with E-state index < -0.39 is 0 Å². The lowest BCUT2D eigenvalue weighted by molar-refractivity contribution is 0.112. The zero-order chi connectivity index (χ0) is 10.1. The predicted octanol–water partition coefficient (Wildman–Crippen LogP) is 3.38. The van der Waals surface area contributed by atoms with Crippen LogP contribution in [0.2, 0.25) is 5.02 Å². The number of thiophene rings is 1. The fraction of sp³-hybridized carbons (Fsp3) is 0.100. The van der Waals surface area contributed by atoms with Gasteiger partial charge in [-0.1, -0.05) is 11.6 Å². The molecule has 2 rings (SSSR count). The summed E-state index contributed by atoms with van der Waals surface area (Å²) in [6.07, 6.45) is 0.778. The SMILES string of the molecule is COc1csc2c(C=O)c(Cl)ccc12. The van der Waals surface area contributed by atoms with Crippen molar-refractivity contribution >= 4 is 39.3 Å². The normalized spacial score (nSPS) is 10.4. The molecule has 0 aliphatic rings. The molecule has 0 saturated carbocycles. The number of hydrogen-bond acceptors (Lipinski definition) is 3. The van der Waals surface area contributed by atoms with Crippen LogP contribution in [0.4, 0.5) is 0 Å². The standard InChI is InChI=1S/C10H7ClO2S/c1-13-9-5-14-10-6(9)2-3-8(11)7(10)4-12/h2-5H,1H3. The van der Waals surface area contributed by atoms with Crippen LogP contribution in [0.3, 0.4) is 0 Å². The fourth-order valence-corrected chi connectivity index (χ4v) is 2.63. The minimum absolute atomic E-state index is 0.483. The fourth-order valence-electron chi connectivity index (χ4n) is 1.34. The molecule has 0 spiro atoms. The lowest BCUT2D eigenvalue weighted by Gasteiger charge is -1.99. The molecule has 0 unspecified atom stereocenters. The van der Waals surface area contributed by atoms with Gasteiger partial charge in [0.15, 0.2) is 6.29 Å².